The third kappa shape index (κ3) is 3.02. The third-order valence-electron chi connectivity index (χ3n) is 4.82. The minimum atomic E-state index is -1.10. The molecule has 3 aromatic rings. The van der Waals surface area contributed by atoms with Crippen molar-refractivity contribution in [2.24, 2.45) is 0 Å². The number of nitro benzene ring substituents is 1. The SMILES string of the molecule is CC1(C)OC(=O)c2ccc(C(c3c(F)cc([N+](=O)[O-])cc3F)n3cncn3)cc21. The van der Waals surface area contributed by atoms with Crippen LogP contribution in [-0.4, -0.2) is 25.7 Å². The molecule has 2 heterocycles. The lowest BCUT2D eigenvalue weighted by molar-refractivity contribution is -0.385. The summed E-state index contributed by atoms with van der Waals surface area (Å²) in [5.41, 5.74) is -0.706. The Hall–Kier alpha value is -3.69. The molecule has 0 radical (unpaired) electrons. The fourth-order valence-corrected chi connectivity index (χ4v) is 3.49. The van der Waals surface area contributed by atoms with E-state index in [0.29, 0.717) is 28.8 Å². The summed E-state index contributed by atoms with van der Waals surface area (Å²) in [6.07, 6.45) is 2.49. The molecule has 1 unspecified atom stereocenters. The number of carbonyl (C=O) groups excluding carboxylic acids is 1. The van der Waals surface area contributed by atoms with Crippen molar-refractivity contribution in [1.29, 1.82) is 0 Å². The predicted octanol–water partition coefficient (Wildman–Crippen LogP) is 3.51. The number of esters is 1. The number of cyclic esters (lactones) is 1. The Bertz CT molecular complexity index is 1120. The summed E-state index contributed by atoms with van der Waals surface area (Å²) >= 11 is 0. The highest BCUT2D eigenvalue weighted by molar-refractivity contribution is 5.94. The zero-order valence-electron chi connectivity index (χ0n) is 15.3. The third-order valence-corrected chi connectivity index (χ3v) is 4.82. The van der Waals surface area contributed by atoms with Crippen LogP contribution in [0.1, 0.15) is 46.9 Å². The minimum absolute atomic E-state index is 0.362. The zero-order chi connectivity index (χ0) is 20.9. The molecule has 1 atom stereocenters. The van der Waals surface area contributed by atoms with Gasteiger partial charge < -0.3 is 4.74 Å². The van der Waals surface area contributed by atoms with Crippen LogP contribution in [0, 0.1) is 21.7 Å². The van der Waals surface area contributed by atoms with Gasteiger partial charge in [0.05, 0.1) is 28.2 Å². The molecule has 0 fully saturated rings. The van der Waals surface area contributed by atoms with Gasteiger partial charge in [-0.25, -0.2) is 23.2 Å². The molecule has 4 rings (SSSR count). The van der Waals surface area contributed by atoms with Crippen molar-refractivity contribution in [3.05, 3.63) is 87.0 Å². The van der Waals surface area contributed by atoms with E-state index in [4.69, 9.17) is 4.74 Å². The number of rotatable bonds is 4. The van der Waals surface area contributed by atoms with E-state index in [1.54, 1.807) is 19.9 Å². The molecule has 10 heteroatoms. The van der Waals surface area contributed by atoms with Gasteiger partial charge in [-0.15, -0.1) is 0 Å². The van der Waals surface area contributed by atoms with Crippen molar-refractivity contribution in [3.63, 3.8) is 0 Å². The minimum Gasteiger partial charge on any atom is -0.451 e. The first kappa shape index (κ1) is 18.7. The van der Waals surface area contributed by atoms with Gasteiger partial charge in [0.1, 0.15) is 35.9 Å². The van der Waals surface area contributed by atoms with E-state index in [0.717, 1.165) is 0 Å². The molecule has 0 aliphatic carbocycles. The maximum Gasteiger partial charge on any atom is 0.339 e. The van der Waals surface area contributed by atoms with Gasteiger partial charge in [0, 0.05) is 5.56 Å². The summed E-state index contributed by atoms with van der Waals surface area (Å²) in [5.74, 6) is -2.67. The normalized spacial score (nSPS) is 15.7. The Morgan fingerprint density at radius 1 is 1.21 bits per heavy atom. The second kappa shape index (κ2) is 6.43. The van der Waals surface area contributed by atoms with Crippen LogP contribution < -0.4 is 0 Å². The Kier molecular flexibility index (Phi) is 4.14. The maximum atomic E-state index is 14.8. The summed E-state index contributed by atoms with van der Waals surface area (Å²) in [6, 6.07) is 4.89. The molecule has 0 spiro atoms. The molecule has 148 valence electrons. The van der Waals surface area contributed by atoms with Crippen LogP contribution in [0.15, 0.2) is 43.0 Å². The van der Waals surface area contributed by atoms with Crippen molar-refractivity contribution in [1.82, 2.24) is 14.8 Å². The summed E-state index contributed by atoms with van der Waals surface area (Å²) in [5, 5.41) is 14.9. The summed E-state index contributed by atoms with van der Waals surface area (Å²) in [4.78, 5) is 25.9. The number of nitro groups is 1. The lowest BCUT2D eigenvalue weighted by Crippen LogP contribution is -2.19. The topological polar surface area (TPSA) is 100 Å². The van der Waals surface area contributed by atoms with Crippen LogP contribution in [0.3, 0.4) is 0 Å². The van der Waals surface area contributed by atoms with E-state index in [9.17, 15) is 23.7 Å². The van der Waals surface area contributed by atoms with E-state index in [-0.39, 0.29) is 0 Å². The van der Waals surface area contributed by atoms with Gasteiger partial charge in [-0.2, -0.15) is 5.10 Å². The second-order valence-corrected chi connectivity index (χ2v) is 7.06. The zero-order valence-corrected chi connectivity index (χ0v) is 15.3. The number of hydrogen-bond donors (Lipinski definition) is 0. The van der Waals surface area contributed by atoms with Crippen LogP contribution in [0.5, 0.6) is 0 Å². The molecule has 0 amide bonds. The van der Waals surface area contributed by atoms with Crippen molar-refractivity contribution >= 4 is 11.7 Å². The molecule has 0 bridgehead atoms. The van der Waals surface area contributed by atoms with Crippen LogP contribution in [0.2, 0.25) is 0 Å². The standard InChI is InChI=1S/C19H14F2N4O4/c1-19(2)13-5-10(3-4-12(13)18(26)29-19)17(24-9-22-8-23-24)16-14(20)6-11(25(27)28)7-15(16)21/h3-9,17H,1-2H3. The summed E-state index contributed by atoms with van der Waals surface area (Å²) in [7, 11) is 0. The Morgan fingerprint density at radius 2 is 1.90 bits per heavy atom. The van der Waals surface area contributed by atoms with E-state index in [2.05, 4.69) is 10.1 Å². The van der Waals surface area contributed by atoms with Crippen LogP contribution in [0.25, 0.3) is 0 Å². The van der Waals surface area contributed by atoms with Gasteiger partial charge in [-0.1, -0.05) is 6.07 Å². The number of aromatic nitrogens is 3. The van der Waals surface area contributed by atoms with Gasteiger partial charge in [-0.3, -0.25) is 10.1 Å². The van der Waals surface area contributed by atoms with Crippen molar-refractivity contribution in [3.8, 4) is 0 Å². The molecule has 1 aliphatic rings. The van der Waals surface area contributed by atoms with Crippen molar-refractivity contribution in [2.45, 2.75) is 25.5 Å². The van der Waals surface area contributed by atoms with Gasteiger partial charge in [0.2, 0.25) is 0 Å². The smallest absolute Gasteiger partial charge is 0.339 e. The fourth-order valence-electron chi connectivity index (χ4n) is 3.49. The van der Waals surface area contributed by atoms with E-state index < -0.39 is 45.4 Å². The molecular formula is C19H14F2N4O4. The number of fused-ring (bicyclic) bond motifs is 1. The lowest BCUT2D eigenvalue weighted by Gasteiger charge is -2.22. The quantitative estimate of drug-likeness (QED) is 0.377. The van der Waals surface area contributed by atoms with E-state index >= 15 is 0 Å². The number of ether oxygens (including phenoxy) is 1. The van der Waals surface area contributed by atoms with Gasteiger partial charge >= 0.3 is 5.97 Å². The molecule has 8 nitrogen and oxygen atoms in total. The van der Waals surface area contributed by atoms with Crippen LogP contribution in [0.4, 0.5) is 14.5 Å². The summed E-state index contributed by atoms with van der Waals surface area (Å²) in [6.45, 7) is 3.41. The summed E-state index contributed by atoms with van der Waals surface area (Å²) < 4.78 is 36.2. The Balaban J connectivity index is 1.93. The fraction of sp³-hybridized carbons (Fsp3) is 0.211. The van der Waals surface area contributed by atoms with Crippen LogP contribution in [-0.2, 0) is 10.3 Å². The molecular weight excluding hydrogens is 386 g/mol. The van der Waals surface area contributed by atoms with E-state index in [1.165, 1.54) is 29.5 Å². The van der Waals surface area contributed by atoms with Crippen LogP contribution >= 0.6 is 0 Å². The predicted molar refractivity (Wildman–Crippen MR) is 95.2 cm³/mol. The lowest BCUT2D eigenvalue weighted by atomic mass is 9.90. The van der Waals surface area contributed by atoms with Gasteiger partial charge in [0.25, 0.3) is 5.69 Å². The largest absolute Gasteiger partial charge is 0.451 e. The molecule has 1 aromatic heterocycles. The molecule has 1 aliphatic heterocycles. The molecule has 2 aromatic carbocycles. The number of halogens is 2. The van der Waals surface area contributed by atoms with Crippen molar-refractivity contribution < 1.29 is 23.2 Å². The number of benzene rings is 2. The first-order chi connectivity index (χ1) is 13.7. The highest BCUT2D eigenvalue weighted by atomic mass is 19.1. The molecule has 0 N–H and O–H groups in total. The first-order valence-corrected chi connectivity index (χ1v) is 8.54. The highest BCUT2D eigenvalue weighted by Crippen LogP contribution is 2.39. The number of carbonyl (C=O) groups is 1. The average Bonchev–Trinajstić information content (AvgIpc) is 3.24. The highest BCUT2D eigenvalue weighted by Gasteiger charge is 2.39. The molecule has 0 saturated carbocycles. The van der Waals surface area contributed by atoms with Gasteiger partial charge in [0.15, 0.2) is 0 Å². The number of non-ortho nitro benzene ring substituents is 1. The van der Waals surface area contributed by atoms with Gasteiger partial charge in [-0.05, 0) is 31.5 Å². The number of hydrogen-bond acceptors (Lipinski definition) is 6. The maximum absolute atomic E-state index is 14.8. The monoisotopic (exact) mass is 400 g/mol. The second-order valence-electron chi connectivity index (χ2n) is 7.06. The van der Waals surface area contributed by atoms with E-state index in [1.807, 2.05) is 0 Å². The first-order valence-electron chi connectivity index (χ1n) is 8.54. The average molecular weight is 400 g/mol. The van der Waals surface area contributed by atoms with Crippen molar-refractivity contribution in [2.75, 3.05) is 0 Å². The molecule has 0 saturated heterocycles. The Labute approximate surface area is 162 Å². The number of nitrogens with zero attached hydrogens (tertiary/aromatic N) is 4. The Morgan fingerprint density at radius 3 is 2.48 bits per heavy atom. The molecule has 29 heavy (non-hydrogen) atoms.